The predicted molar refractivity (Wildman–Crippen MR) is 153 cm³/mol. The van der Waals surface area contributed by atoms with E-state index in [0.29, 0.717) is 17.0 Å². The number of nitrogens with zero attached hydrogens (tertiary/aromatic N) is 1. The molecule has 0 fully saturated rings. The van der Waals surface area contributed by atoms with Gasteiger partial charge in [0.05, 0.1) is 35.2 Å². The number of sulfonamides is 1. The fourth-order valence-corrected chi connectivity index (χ4v) is 6.45. The molecule has 4 rings (SSSR count). The van der Waals surface area contributed by atoms with Gasteiger partial charge in [0.25, 0.3) is 15.9 Å². The van der Waals surface area contributed by atoms with Gasteiger partial charge in [0, 0.05) is 6.26 Å². The molecule has 3 aromatic rings. The molecule has 2 atom stereocenters. The Morgan fingerprint density at radius 3 is 2.12 bits per heavy atom. The third-order valence-corrected chi connectivity index (χ3v) is 9.72. The monoisotopic (exact) mass is 586 g/mol. The first kappa shape index (κ1) is 29.4. The summed E-state index contributed by atoms with van der Waals surface area (Å²) < 4.78 is 63.8. The number of ether oxygens (including phenoxy) is 2. The summed E-state index contributed by atoms with van der Waals surface area (Å²) in [5.41, 5.74) is 1.71. The number of carbonyl (C=O) groups excluding carboxylic acids is 1. The van der Waals surface area contributed by atoms with Crippen LogP contribution in [-0.4, -0.2) is 48.8 Å². The van der Waals surface area contributed by atoms with Crippen LogP contribution in [-0.2, 0) is 30.1 Å². The van der Waals surface area contributed by atoms with E-state index in [0.717, 1.165) is 11.8 Å². The summed E-state index contributed by atoms with van der Waals surface area (Å²) in [6, 6.07) is 17.2. The molecule has 40 heavy (non-hydrogen) atoms. The van der Waals surface area contributed by atoms with Gasteiger partial charge in [0.1, 0.15) is 11.5 Å². The van der Waals surface area contributed by atoms with Gasteiger partial charge < -0.3 is 14.8 Å². The van der Waals surface area contributed by atoms with E-state index >= 15 is 0 Å². The van der Waals surface area contributed by atoms with Crippen molar-refractivity contribution in [3.05, 3.63) is 77.9 Å². The average molecular weight is 587 g/mol. The fraction of sp³-hybridized carbons (Fsp3) is 0.345. The maximum absolute atomic E-state index is 13.9. The van der Waals surface area contributed by atoms with Gasteiger partial charge in [-0.15, -0.1) is 0 Å². The van der Waals surface area contributed by atoms with E-state index in [2.05, 4.69) is 5.32 Å². The molecule has 1 aliphatic rings. The van der Waals surface area contributed by atoms with Crippen LogP contribution in [0.3, 0.4) is 0 Å². The summed E-state index contributed by atoms with van der Waals surface area (Å²) in [6.45, 7) is 7.61. The summed E-state index contributed by atoms with van der Waals surface area (Å²) >= 11 is 0. The molecule has 1 N–H and O–H groups in total. The van der Waals surface area contributed by atoms with E-state index < -0.39 is 37.9 Å². The highest BCUT2D eigenvalue weighted by atomic mass is 32.2. The molecule has 0 spiro atoms. The van der Waals surface area contributed by atoms with Crippen LogP contribution in [0.2, 0.25) is 0 Å². The highest BCUT2D eigenvalue weighted by Gasteiger charge is 2.38. The van der Waals surface area contributed by atoms with Crippen LogP contribution < -0.4 is 19.1 Å². The number of anilines is 1. The van der Waals surface area contributed by atoms with Crippen molar-refractivity contribution in [3.8, 4) is 11.5 Å². The minimum atomic E-state index is -4.07. The number of hydrogen-bond donors (Lipinski definition) is 1. The van der Waals surface area contributed by atoms with Gasteiger partial charge in [0.2, 0.25) is 0 Å². The molecule has 0 aromatic heterocycles. The molecule has 214 valence electrons. The fourth-order valence-electron chi connectivity index (χ4n) is 4.35. The quantitative estimate of drug-likeness (QED) is 0.440. The number of fused-ring (bicyclic) bond motifs is 1. The molecule has 9 nitrogen and oxygen atoms in total. The second-order valence-corrected chi connectivity index (χ2v) is 14.7. The molecule has 1 heterocycles. The van der Waals surface area contributed by atoms with Crippen LogP contribution in [0.1, 0.15) is 44.9 Å². The third-order valence-electron chi connectivity index (χ3n) is 6.80. The lowest BCUT2D eigenvalue weighted by Crippen LogP contribution is -2.51. The van der Waals surface area contributed by atoms with Gasteiger partial charge in [-0.25, -0.2) is 16.8 Å². The van der Waals surface area contributed by atoms with Gasteiger partial charge in [-0.05, 0) is 72.0 Å². The number of carbonyl (C=O) groups is 1. The molecule has 2 unspecified atom stereocenters. The number of rotatable bonds is 7. The van der Waals surface area contributed by atoms with Gasteiger partial charge in [-0.2, -0.15) is 0 Å². The van der Waals surface area contributed by atoms with Crippen LogP contribution in [0.4, 0.5) is 5.69 Å². The summed E-state index contributed by atoms with van der Waals surface area (Å²) in [6.07, 6.45) is 0.000487. The number of nitrogens with one attached hydrogen (secondary N) is 1. The first-order valence-electron chi connectivity index (χ1n) is 12.7. The van der Waals surface area contributed by atoms with E-state index in [9.17, 15) is 21.6 Å². The zero-order valence-electron chi connectivity index (χ0n) is 23.3. The summed E-state index contributed by atoms with van der Waals surface area (Å²) in [4.78, 5) is 13.6. The van der Waals surface area contributed by atoms with Crippen molar-refractivity contribution in [2.24, 2.45) is 0 Å². The maximum atomic E-state index is 13.9. The number of benzene rings is 3. The van der Waals surface area contributed by atoms with Gasteiger partial charge in [-0.3, -0.25) is 9.10 Å². The highest BCUT2D eigenvalue weighted by molar-refractivity contribution is 7.92. The Balaban J connectivity index is 1.66. The van der Waals surface area contributed by atoms with Gasteiger partial charge in [-0.1, -0.05) is 39.0 Å². The van der Waals surface area contributed by atoms with E-state index in [1.807, 2.05) is 26.8 Å². The molecule has 0 aliphatic carbocycles. The largest absolute Gasteiger partial charge is 0.497 e. The first-order chi connectivity index (χ1) is 18.6. The van der Waals surface area contributed by atoms with E-state index in [-0.39, 0.29) is 27.5 Å². The van der Waals surface area contributed by atoms with Gasteiger partial charge in [0.15, 0.2) is 15.9 Å². The van der Waals surface area contributed by atoms with Crippen molar-refractivity contribution >= 4 is 31.5 Å². The molecule has 11 heteroatoms. The van der Waals surface area contributed by atoms with Crippen molar-refractivity contribution in [1.82, 2.24) is 5.32 Å². The summed E-state index contributed by atoms with van der Waals surface area (Å²) in [5.74, 6) is 0.300. The lowest BCUT2D eigenvalue weighted by molar-refractivity contribution is -0.128. The standard InChI is InChI=1S/C29H34N2O7S2/c1-19(20-7-12-23(13-8-20)39(6,33)34)30-28(32)27-18-31(40(35,36)24-14-10-22(37-5)11-15-24)25-17-21(29(2,3)4)9-16-26(25)38-27/h7-17,19,27H,18H2,1-6H3,(H,30,32). The van der Waals surface area contributed by atoms with E-state index in [4.69, 9.17) is 9.47 Å². The topological polar surface area (TPSA) is 119 Å². The average Bonchev–Trinajstić information content (AvgIpc) is 2.91. The second-order valence-electron chi connectivity index (χ2n) is 10.8. The molecule has 0 saturated carbocycles. The molecular weight excluding hydrogens is 552 g/mol. The number of hydrogen-bond acceptors (Lipinski definition) is 7. The van der Waals surface area contributed by atoms with Crippen LogP contribution in [0, 0.1) is 0 Å². The van der Waals surface area contributed by atoms with Gasteiger partial charge >= 0.3 is 0 Å². The Labute approximate surface area is 236 Å². The zero-order chi connectivity index (χ0) is 29.5. The molecular formula is C29H34N2O7S2. The van der Waals surface area contributed by atoms with E-state index in [1.54, 1.807) is 43.3 Å². The Morgan fingerprint density at radius 1 is 0.975 bits per heavy atom. The van der Waals surface area contributed by atoms with Crippen molar-refractivity contribution in [1.29, 1.82) is 0 Å². The Hall–Kier alpha value is -3.57. The molecule has 0 bridgehead atoms. The Morgan fingerprint density at radius 2 is 1.57 bits per heavy atom. The summed E-state index contributed by atoms with van der Waals surface area (Å²) in [7, 11) is -5.92. The molecule has 0 saturated heterocycles. The number of sulfone groups is 1. The smallest absolute Gasteiger partial charge is 0.264 e. The lowest BCUT2D eigenvalue weighted by atomic mass is 9.86. The summed E-state index contributed by atoms with van der Waals surface area (Å²) in [5, 5.41) is 2.87. The van der Waals surface area contributed by atoms with Crippen LogP contribution in [0.15, 0.2) is 76.5 Å². The second kappa shape index (κ2) is 10.8. The maximum Gasteiger partial charge on any atom is 0.264 e. The Bertz CT molecular complexity index is 1610. The molecule has 1 amide bonds. The van der Waals surface area contributed by atoms with Crippen molar-refractivity contribution in [2.75, 3.05) is 24.2 Å². The highest BCUT2D eigenvalue weighted by Crippen LogP contribution is 2.40. The first-order valence-corrected chi connectivity index (χ1v) is 16.0. The minimum absolute atomic E-state index is 0.0563. The molecule has 0 radical (unpaired) electrons. The van der Waals surface area contributed by atoms with Crippen molar-refractivity contribution < 1.29 is 31.1 Å². The molecule has 1 aliphatic heterocycles. The normalized spacial score (nSPS) is 16.4. The van der Waals surface area contributed by atoms with Crippen LogP contribution in [0.25, 0.3) is 0 Å². The Kier molecular flexibility index (Phi) is 7.92. The SMILES string of the molecule is COc1ccc(S(=O)(=O)N2CC(C(=O)NC(C)c3ccc(S(C)(=O)=O)cc3)Oc3ccc(C(C)(C)C)cc32)cc1. The zero-order valence-corrected chi connectivity index (χ0v) is 25.0. The number of amides is 1. The van der Waals surface area contributed by atoms with Crippen molar-refractivity contribution in [2.45, 2.75) is 55.0 Å². The third kappa shape index (κ3) is 6.10. The molecule has 3 aromatic carbocycles. The number of methoxy groups -OCH3 is 1. The van der Waals surface area contributed by atoms with Crippen molar-refractivity contribution in [3.63, 3.8) is 0 Å². The minimum Gasteiger partial charge on any atom is -0.497 e. The lowest BCUT2D eigenvalue weighted by Gasteiger charge is -2.36. The predicted octanol–water partition coefficient (Wildman–Crippen LogP) is 4.23. The van der Waals surface area contributed by atoms with Crippen LogP contribution in [0.5, 0.6) is 11.5 Å². The van der Waals surface area contributed by atoms with Crippen LogP contribution >= 0.6 is 0 Å². The van der Waals surface area contributed by atoms with E-state index in [1.165, 1.54) is 35.7 Å².